The van der Waals surface area contributed by atoms with Crippen molar-refractivity contribution >= 4 is 22.8 Å². The fourth-order valence-electron chi connectivity index (χ4n) is 3.76. The largest absolute Gasteiger partial charge is 0.491 e. The predicted octanol–water partition coefficient (Wildman–Crippen LogP) is 2.02. The van der Waals surface area contributed by atoms with Crippen LogP contribution in [-0.2, 0) is 20.6 Å². The van der Waals surface area contributed by atoms with Gasteiger partial charge in [-0.25, -0.2) is 10.2 Å². The van der Waals surface area contributed by atoms with Crippen molar-refractivity contribution in [3.05, 3.63) is 86.6 Å². The summed E-state index contributed by atoms with van der Waals surface area (Å²) in [5, 5.41) is 15.2. The number of fused-ring (bicyclic) bond motifs is 1. The van der Waals surface area contributed by atoms with Crippen LogP contribution in [0.2, 0.25) is 0 Å². The smallest absolute Gasteiger partial charge is 0.332 e. The van der Waals surface area contributed by atoms with Gasteiger partial charge in [0.15, 0.2) is 11.2 Å². The Morgan fingerprint density at radius 3 is 2.49 bits per heavy atom. The number of ether oxygens (including phenoxy) is 1. The van der Waals surface area contributed by atoms with Crippen LogP contribution in [0, 0.1) is 6.92 Å². The Hall–Kier alpha value is -4.18. The standard InChI is InChI=1S/C25H28N6O4/c1-16-10-8-9-13-20(16)35-15-19(32)14-31-21-22(29(3)25(34)30(4)23(21)33)26-24(31)28-27-17(2)18-11-6-5-7-12-18/h5-13,19,32H,14-15H2,1-4H3,(H,26,28)/b27-17-/t19-/m1/s1. The number of anilines is 1. The molecule has 4 aromatic rings. The highest BCUT2D eigenvalue weighted by Crippen LogP contribution is 2.19. The lowest BCUT2D eigenvalue weighted by Crippen LogP contribution is -2.38. The molecule has 2 aromatic heterocycles. The summed E-state index contributed by atoms with van der Waals surface area (Å²) in [5.74, 6) is 0.894. The Morgan fingerprint density at radius 2 is 1.77 bits per heavy atom. The van der Waals surface area contributed by atoms with Gasteiger partial charge in [-0.3, -0.25) is 13.9 Å². The predicted molar refractivity (Wildman–Crippen MR) is 135 cm³/mol. The van der Waals surface area contributed by atoms with E-state index in [-0.39, 0.29) is 30.3 Å². The maximum absolute atomic E-state index is 13.0. The highest BCUT2D eigenvalue weighted by molar-refractivity contribution is 5.99. The number of aliphatic hydroxyl groups excluding tert-OH is 1. The van der Waals surface area contributed by atoms with E-state index < -0.39 is 17.4 Å². The van der Waals surface area contributed by atoms with Gasteiger partial charge in [-0.1, -0.05) is 48.5 Å². The summed E-state index contributed by atoms with van der Waals surface area (Å²) in [5.41, 5.74) is 4.84. The molecule has 2 aromatic carbocycles. The van der Waals surface area contributed by atoms with Crippen molar-refractivity contribution in [2.24, 2.45) is 19.2 Å². The van der Waals surface area contributed by atoms with Crippen molar-refractivity contribution in [3.8, 4) is 5.75 Å². The van der Waals surface area contributed by atoms with Gasteiger partial charge in [0.1, 0.15) is 18.5 Å². The SMILES string of the molecule is C/C(=N/Nc1nc2c(c(=O)n(C)c(=O)n2C)n1C[C@@H](O)COc1ccccc1C)c1ccccc1. The number of imidazole rings is 1. The number of rotatable bonds is 8. The molecule has 0 saturated carbocycles. The molecule has 1 atom stereocenters. The lowest BCUT2D eigenvalue weighted by Gasteiger charge is -2.16. The van der Waals surface area contributed by atoms with Crippen molar-refractivity contribution in [1.82, 2.24) is 18.7 Å². The number of aromatic nitrogens is 4. The Bertz CT molecular complexity index is 1500. The molecular formula is C25H28N6O4. The van der Waals surface area contributed by atoms with Crippen molar-refractivity contribution in [1.29, 1.82) is 0 Å². The molecule has 0 aliphatic rings. The zero-order chi connectivity index (χ0) is 25.1. The first-order chi connectivity index (χ1) is 16.8. The minimum absolute atomic E-state index is 0.00192. The van der Waals surface area contributed by atoms with Crippen LogP contribution in [0.4, 0.5) is 5.95 Å². The average molecular weight is 477 g/mol. The number of para-hydroxylation sites is 1. The van der Waals surface area contributed by atoms with E-state index in [4.69, 9.17) is 4.74 Å². The second-order valence-electron chi connectivity index (χ2n) is 8.33. The molecular weight excluding hydrogens is 448 g/mol. The van der Waals surface area contributed by atoms with E-state index in [2.05, 4.69) is 15.5 Å². The van der Waals surface area contributed by atoms with Crippen LogP contribution in [0.25, 0.3) is 11.2 Å². The van der Waals surface area contributed by atoms with E-state index >= 15 is 0 Å². The van der Waals surface area contributed by atoms with Gasteiger partial charge in [-0.05, 0) is 31.0 Å². The molecule has 0 fully saturated rings. The van der Waals surface area contributed by atoms with Crippen LogP contribution in [0.5, 0.6) is 5.75 Å². The van der Waals surface area contributed by atoms with Gasteiger partial charge in [0.05, 0.1) is 12.3 Å². The Morgan fingerprint density at radius 1 is 1.09 bits per heavy atom. The van der Waals surface area contributed by atoms with Gasteiger partial charge in [0.25, 0.3) is 5.56 Å². The number of hydrogen-bond donors (Lipinski definition) is 2. The summed E-state index contributed by atoms with van der Waals surface area (Å²) in [7, 11) is 2.95. The van der Waals surface area contributed by atoms with Gasteiger partial charge in [-0.15, -0.1) is 0 Å². The van der Waals surface area contributed by atoms with E-state index in [1.807, 2.05) is 68.4 Å². The Kier molecular flexibility index (Phi) is 6.83. The second kappa shape index (κ2) is 9.98. The van der Waals surface area contributed by atoms with Crippen LogP contribution in [-0.4, -0.2) is 42.2 Å². The van der Waals surface area contributed by atoms with Crippen molar-refractivity contribution in [2.45, 2.75) is 26.5 Å². The monoisotopic (exact) mass is 476 g/mol. The summed E-state index contributed by atoms with van der Waals surface area (Å²) in [6, 6.07) is 17.1. The Balaban J connectivity index is 1.70. The van der Waals surface area contributed by atoms with E-state index in [9.17, 15) is 14.7 Å². The minimum Gasteiger partial charge on any atom is -0.491 e. The van der Waals surface area contributed by atoms with Gasteiger partial charge < -0.3 is 14.4 Å². The summed E-state index contributed by atoms with van der Waals surface area (Å²) < 4.78 is 9.62. The molecule has 0 radical (unpaired) electrons. The molecule has 0 bridgehead atoms. The lowest BCUT2D eigenvalue weighted by atomic mass is 10.1. The summed E-state index contributed by atoms with van der Waals surface area (Å²) in [6.07, 6.45) is -0.964. The number of hydrazone groups is 1. The first kappa shape index (κ1) is 24.0. The van der Waals surface area contributed by atoms with Gasteiger partial charge in [-0.2, -0.15) is 10.1 Å². The molecule has 0 unspecified atom stereocenters. The molecule has 2 N–H and O–H groups in total. The molecule has 10 heteroatoms. The number of aliphatic hydroxyl groups is 1. The Labute approximate surface area is 201 Å². The molecule has 182 valence electrons. The lowest BCUT2D eigenvalue weighted by molar-refractivity contribution is 0.0935. The van der Waals surface area contributed by atoms with Crippen LogP contribution in [0.3, 0.4) is 0 Å². The van der Waals surface area contributed by atoms with Gasteiger partial charge >= 0.3 is 5.69 Å². The maximum Gasteiger partial charge on any atom is 0.332 e. The average Bonchev–Trinajstić information content (AvgIpc) is 3.22. The summed E-state index contributed by atoms with van der Waals surface area (Å²) in [4.78, 5) is 29.9. The third-order valence-electron chi connectivity index (χ3n) is 5.78. The number of benzene rings is 2. The zero-order valence-electron chi connectivity index (χ0n) is 20.1. The highest BCUT2D eigenvalue weighted by Gasteiger charge is 2.21. The molecule has 2 heterocycles. The molecule has 0 amide bonds. The van der Waals surface area contributed by atoms with Gasteiger partial charge in [0.2, 0.25) is 5.95 Å². The van der Waals surface area contributed by atoms with E-state index in [0.29, 0.717) is 11.5 Å². The molecule has 10 nitrogen and oxygen atoms in total. The zero-order valence-corrected chi connectivity index (χ0v) is 20.1. The number of hydrogen-bond acceptors (Lipinski definition) is 7. The van der Waals surface area contributed by atoms with E-state index in [0.717, 1.165) is 15.7 Å². The van der Waals surface area contributed by atoms with Gasteiger partial charge in [0, 0.05) is 14.1 Å². The number of nitrogens with one attached hydrogen (secondary N) is 1. The number of nitrogens with zero attached hydrogens (tertiary/aromatic N) is 5. The fraction of sp³-hybridized carbons (Fsp3) is 0.280. The number of aryl methyl sites for hydroxylation is 2. The fourth-order valence-corrected chi connectivity index (χ4v) is 3.76. The topological polar surface area (TPSA) is 116 Å². The normalized spacial score (nSPS) is 12.7. The molecule has 35 heavy (non-hydrogen) atoms. The maximum atomic E-state index is 13.0. The molecule has 0 spiro atoms. The molecule has 0 saturated heterocycles. The highest BCUT2D eigenvalue weighted by atomic mass is 16.5. The van der Waals surface area contributed by atoms with Crippen LogP contribution in [0.15, 0.2) is 69.3 Å². The summed E-state index contributed by atoms with van der Waals surface area (Å²) >= 11 is 0. The summed E-state index contributed by atoms with van der Waals surface area (Å²) in [6.45, 7) is 3.76. The first-order valence-corrected chi connectivity index (χ1v) is 11.2. The molecule has 0 aliphatic heterocycles. The third-order valence-corrected chi connectivity index (χ3v) is 5.78. The van der Waals surface area contributed by atoms with Crippen LogP contribution >= 0.6 is 0 Å². The first-order valence-electron chi connectivity index (χ1n) is 11.2. The second-order valence-corrected chi connectivity index (χ2v) is 8.33. The van der Waals surface area contributed by atoms with Crippen molar-refractivity contribution in [2.75, 3.05) is 12.0 Å². The van der Waals surface area contributed by atoms with E-state index in [1.54, 1.807) is 7.05 Å². The molecule has 4 rings (SSSR count). The van der Waals surface area contributed by atoms with E-state index in [1.165, 1.54) is 16.2 Å². The third kappa shape index (κ3) is 4.87. The van der Waals surface area contributed by atoms with Crippen molar-refractivity contribution in [3.63, 3.8) is 0 Å². The molecule has 0 aliphatic carbocycles. The van der Waals surface area contributed by atoms with Crippen LogP contribution < -0.4 is 21.4 Å². The minimum atomic E-state index is -0.964. The van der Waals surface area contributed by atoms with Crippen LogP contribution in [0.1, 0.15) is 18.1 Å². The quantitative estimate of drug-likeness (QED) is 0.297. The van der Waals surface area contributed by atoms with Crippen molar-refractivity contribution < 1.29 is 9.84 Å².